The van der Waals surface area contributed by atoms with Crippen LogP contribution < -0.4 is 10.6 Å². The molecule has 0 aliphatic carbocycles. The normalized spacial score (nSPS) is 18.4. The van der Waals surface area contributed by atoms with Crippen LogP contribution in [0.4, 0.5) is 0 Å². The van der Waals surface area contributed by atoms with Gasteiger partial charge in [0.2, 0.25) is 0 Å². The Bertz CT molecular complexity index is 517. The summed E-state index contributed by atoms with van der Waals surface area (Å²) in [6.45, 7) is 9.05. The first-order valence-electron chi connectivity index (χ1n) is 8.86. The van der Waals surface area contributed by atoms with Crippen LogP contribution in [0.15, 0.2) is 4.99 Å². The van der Waals surface area contributed by atoms with Crippen LogP contribution in [0.1, 0.15) is 50.6 Å². The van der Waals surface area contributed by atoms with Crippen LogP contribution in [0.3, 0.4) is 0 Å². The largest absolute Gasteiger partial charge is 0.357 e. The molecule has 0 bridgehead atoms. The molecule has 1 fully saturated rings. The highest BCUT2D eigenvalue weighted by Gasteiger charge is 2.16. The molecule has 0 radical (unpaired) electrons. The fourth-order valence-electron chi connectivity index (χ4n) is 3.09. The maximum absolute atomic E-state index is 4.81. The first kappa shape index (κ1) is 18.2. The van der Waals surface area contributed by atoms with Gasteiger partial charge >= 0.3 is 0 Å². The molecule has 2 rings (SSSR count). The third kappa shape index (κ3) is 4.90. The van der Waals surface area contributed by atoms with E-state index in [9.17, 15) is 0 Å². The van der Waals surface area contributed by atoms with Gasteiger partial charge in [-0.3, -0.25) is 4.68 Å². The number of aliphatic imine (C=N–C) groups is 1. The van der Waals surface area contributed by atoms with Crippen molar-refractivity contribution in [1.82, 2.24) is 20.4 Å². The van der Waals surface area contributed by atoms with Crippen LogP contribution in [0.25, 0.3) is 0 Å². The molecule has 1 aromatic heterocycles. The molecule has 1 atom stereocenters. The fraction of sp³-hybridized carbons (Fsp3) is 0.765. The molecule has 0 amide bonds. The highest BCUT2D eigenvalue weighted by Crippen LogP contribution is 2.25. The van der Waals surface area contributed by atoms with Crippen molar-refractivity contribution in [3.05, 3.63) is 17.0 Å². The molecule has 0 spiro atoms. The molecule has 0 aromatic carbocycles. The van der Waals surface area contributed by atoms with Crippen LogP contribution >= 0.6 is 11.8 Å². The lowest BCUT2D eigenvalue weighted by Gasteiger charge is -2.14. The predicted octanol–water partition coefficient (Wildman–Crippen LogP) is 2.50. The number of nitrogens with one attached hydrogen (secondary N) is 2. The Kier molecular flexibility index (Phi) is 7.27. The zero-order valence-corrected chi connectivity index (χ0v) is 15.8. The molecule has 5 nitrogen and oxygen atoms in total. The van der Waals surface area contributed by atoms with Gasteiger partial charge in [0.05, 0.1) is 12.2 Å². The summed E-state index contributed by atoms with van der Waals surface area (Å²) in [5.41, 5.74) is 3.77. The van der Waals surface area contributed by atoms with Gasteiger partial charge in [-0.1, -0.05) is 13.8 Å². The monoisotopic (exact) mass is 337 g/mol. The maximum Gasteiger partial charge on any atom is 0.191 e. The van der Waals surface area contributed by atoms with Gasteiger partial charge in [0.15, 0.2) is 5.96 Å². The lowest BCUT2D eigenvalue weighted by molar-refractivity contribution is 0.703. The van der Waals surface area contributed by atoms with Crippen molar-refractivity contribution < 1.29 is 0 Å². The second-order valence-corrected chi connectivity index (χ2v) is 7.32. The van der Waals surface area contributed by atoms with E-state index in [1.165, 1.54) is 35.5 Å². The molecule has 130 valence electrons. The van der Waals surface area contributed by atoms with Crippen LogP contribution in [0.2, 0.25) is 0 Å². The van der Waals surface area contributed by atoms with Crippen molar-refractivity contribution in [3.8, 4) is 0 Å². The zero-order valence-electron chi connectivity index (χ0n) is 15.0. The van der Waals surface area contributed by atoms with E-state index in [0.29, 0.717) is 6.54 Å². The molecule has 1 aromatic rings. The summed E-state index contributed by atoms with van der Waals surface area (Å²) >= 11 is 2.07. The minimum atomic E-state index is 0.702. The van der Waals surface area contributed by atoms with Crippen molar-refractivity contribution in [1.29, 1.82) is 0 Å². The van der Waals surface area contributed by atoms with Crippen molar-refractivity contribution in [2.75, 3.05) is 18.8 Å². The molecule has 6 heteroatoms. The third-order valence-corrected chi connectivity index (χ3v) is 5.69. The highest BCUT2D eigenvalue weighted by molar-refractivity contribution is 8.00. The number of rotatable bonds is 7. The fourth-order valence-corrected chi connectivity index (χ4v) is 4.29. The molecule has 1 saturated heterocycles. The topological polar surface area (TPSA) is 54.2 Å². The van der Waals surface area contributed by atoms with Crippen LogP contribution in [0, 0.1) is 0 Å². The average molecular weight is 338 g/mol. The number of aryl methyl sites for hydroxylation is 2. The van der Waals surface area contributed by atoms with E-state index in [2.05, 4.69) is 48.3 Å². The van der Waals surface area contributed by atoms with E-state index >= 15 is 0 Å². The van der Waals surface area contributed by atoms with Crippen molar-refractivity contribution in [3.63, 3.8) is 0 Å². The second kappa shape index (κ2) is 9.21. The second-order valence-electron chi connectivity index (χ2n) is 5.91. The summed E-state index contributed by atoms with van der Waals surface area (Å²) in [6, 6.07) is 0. The standard InChI is InChI=1S/C17H31N5S/c1-5-15-14(16(6-2)22(4)21-15)12-20-17(18-7-3)19-11-13-9-8-10-23-13/h13H,5-12H2,1-4H3,(H2,18,19,20). The Morgan fingerprint density at radius 2 is 2.13 bits per heavy atom. The lowest BCUT2D eigenvalue weighted by atomic mass is 10.1. The van der Waals surface area contributed by atoms with Crippen LogP contribution in [0.5, 0.6) is 0 Å². The summed E-state index contributed by atoms with van der Waals surface area (Å²) in [6.07, 6.45) is 4.62. The molecule has 1 aliphatic rings. The Balaban J connectivity index is 2.04. The molecule has 2 heterocycles. The summed E-state index contributed by atoms with van der Waals surface area (Å²) < 4.78 is 2.01. The number of guanidine groups is 1. The molecular formula is C17H31N5S. The molecule has 23 heavy (non-hydrogen) atoms. The van der Waals surface area contributed by atoms with Gasteiger partial charge in [-0.2, -0.15) is 16.9 Å². The van der Waals surface area contributed by atoms with Crippen molar-refractivity contribution in [2.24, 2.45) is 12.0 Å². The summed E-state index contributed by atoms with van der Waals surface area (Å²) in [4.78, 5) is 4.81. The maximum atomic E-state index is 4.81. The van der Waals surface area contributed by atoms with Gasteiger partial charge in [0, 0.05) is 36.6 Å². The van der Waals surface area contributed by atoms with E-state index in [1.54, 1.807) is 0 Å². The number of nitrogens with zero attached hydrogens (tertiary/aromatic N) is 3. The Morgan fingerprint density at radius 1 is 1.30 bits per heavy atom. The van der Waals surface area contributed by atoms with Crippen LogP contribution in [-0.2, 0) is 26.4 Å². The third-order valence-electron chi connectivity index (χ3n) is 4.29. The highest BCUT2D eigenvalue weighted by atomic mass is 32.2. The summed E-state index contributed by atoms with van der Waals surface area (Å²) in [7, 11) is 2.03. The molecule has 1 unspecified atom stereocenters. The van der Waals surface area contributed by atoms with Gasteiger partial charge < -0.3 is 10.6 Å². The minimum Gasteiger partial charge on any atom is -0.357 e. The zero-order chi connectivity index (χ0) is 16.7. The number of hydrogen-bond donors (Lipinski definition) is 2. The first-order chi connectivity index (χ1) is 11.2. The molecule has 2 N–H and O–H groups in total. The Labute approximate surface area is 144 Å². The van der Waals surface area contributed by atoms with Gasteiger partial charge in [0.25, 0.3) is 0 Å². The van der Waals surface area contributed by atoms with E-state index in [4.69, 9.17) is 4.99 Å². The summed E-state index contributed by atoms with van der Waals surface area (Å²) in [5.74, 6) is 2.23. The molecular weight excluding hydrogens is 306 g/mol. The van der Waals surface area contributed by atoms with E-state index < -0.39 is 0 Å². The Hall–Kier alpha value is -1.17. The summed E-state index contributed by atoms with van der Waals surface area (Å²) in [5, 5.41) is 12.2. The number of hydrogen-bond acceptors (Lipinski definition) is 3. The number of thioether (sulfide) groups is 1. The molecule has 1 aliphatic heterocycles. The van der Waals surface area contributed by atoms with Crippen molar-refractivity contribution >= 4 is 17.7 Å². The number of aromatic nitrogens is 2. The smallest absolute Gasteiger partial charge is 0.191 e. The van der Waals surface area contributed by atoms with E-state index in [-0.39, 0.29) is 0 Å². The Morgan fingerprint density at radius 3 is 2.74 bits per heavy atom. The lowest BCUT2D eigenvalue weighted by Crippen LogP contribution is -2.40. The predicted molar refractivity (Wildman–Crippen MR) is 100 cm³/mol. The van der Waals surface area contributed by atoms with Gasteiger partial charge in [-0.15, -0.1) is 0 Å². The quantitative estimate of drug-likeness (QED) is 0.593. The van der Waals surface area contributed by atoms with Gasteiger partial charge in [-0.05, 0) is 38.4 Å². The minimum absolute atomic E-state index is 0.702. The molecule has 0 saturated carbocycles. The van der Waals surface area contributed by atoms with Crippen molar-refractivity contribution in [2.45, 2.75) is 58.2 Å². The SMILES string of the molecule is CCNC(=NCc1c(CC)nn(C)c1CC)NCC1CCCS1. The van der Waals surface area contributed by atoms with Crippen LogP contribution in [-0.4, -0.2) is 39.8 Å². The van der Waals surface area contributed by atoms with Gasteiger partial charge in [0.1, 0.15) is 0 Å². The van der Waals surface area contributed by atoms with E-state index in [1.807, 2.05) is 11.7 Å². The van der Waals surface area contributed by atoms with E-state index in [0.717, 1.165) is 37.1 Å². The van der Waals surface area contributed by atoms with Gasteiger partial charge in [-0.25, -0.2) is 4.99 Å². The first-order valence-corrected chi connectivity index (χ1v) is 9.91. The average Bonchev–Trinajstić information content (AvgIpc) is 3.17.